The van der Waals surface area contributed by atoms with Gasteiger partial charge < -0.3 is 10.4 Å². The van der Waals surface area contributed by atoms with Gasteiger partial charge in [-0.05, 0) is 61.8 Å². The molecule has 2 N–H and O–H groups in total. The third-order valence-corrected chi connectivity index (χ3v) is 3.74. The third-order valence-electron chi connectivity index (χ3n) is 3.74. The maximum absolute atomic E-state index is 10.4. The minimum atomic E-state index is -0.699. The first-order valence-electron chi connectivity index (χ1n) is 7.29. The summed E-state index contributed by atoms with van der Waals surface area (Å²) in [5.41, 5.74) is 4.40. The van der Waals surface area contributed by atoms with Crippen LogP contribution in [0.5, 0.6) is 0 Å². The number of hydrogen-bond donors (Lipinski definition) is 2. The van der Waals surface area contributed by atoms with Crippen molar-refractivity contribution < 1.29 is 9.90 Å². The molecule has 0 saturated carbocycles. The van der Waals surface area contributed by atoms with Crippen LogP contribution in [0.25, 0.3) is 0 Å². The van der Waals surface area contributed by atoms with Gasteiger partial charge in [-0.1, -0.05) is 18.2 Å². The van der Waals surface area contributed by atoms with Crippen molar-refractivity contribution in [1.82, 2.24) is 5.32 Å². The number of carboxylic acid groups (broad SMARTS) is 1. The molecule has 1 aliphatic carbocycles. The van der Waals surface area contributed by atoms with E-state index in [0.717, 1.165) is 25.9 Å². The van der Waals surface area contributed by atoms with E-state index in [-0.39, 0.29) is 6.42 Å². The Morgan fingerprint density at radius 1 is 1.16 bits per heavy atom. The molecule has 0 fully saturated rings. The highest BCUT2D eigenvalue weighted by molar-refractivity contribution is 5.66. The van der Waals surface area contributed by atoms with Crippen molar-refractivity contribution >= 4 is 5.97 Å². The van der Waals surface area contributed by atoms with Gasteiger partial charge in [-0.2, -0.15) is 0 Å². The fourth-order valence-corrected chi connectivity index (χ4v) is 2.66. The van der Waals surface area contributed by atoms with E-state index in [0.29, 0.717) is 0 Å². The van der Waals surface area contributed by atoms with Crippen LogP contribution in [0.2, 0.25) is 0 Å². The lowest BCUT2D eigenvalue weighted by atomic mass is 9.90. The van der Waals surface area contributed by atoms with Crippen LogP contribution >= 0.6 is 0 Å². The summed E-state index contributed by atoms with van der Waals surface area (Å²) in [6.07, 6.45) is 7.07. The topological polar surface area (TPSA) is 49.3 Å². The number of hydrogen-bond acceptors (Lipinski definition) is 2. The standard InChI is InChI=1S/C16H23NO2/c18-16(19)7-3-4-10-17-12-13-8-9-14-5-1-2-6-15(14)11-13/h8-9,11,17H,1-7,10,12H2,(H,18,19). The van der Waals surface area contributed by atoms with E-state index < -0.39 is 5.97 Å². The molecule has 0 bridgehead atoms. The normalized spacial score (nSPS) is 14.1. The minimum Gasteiger partial charge on any atom is -0.481 e. The Morgan fingerprint density at radius 3 is 2.74 bits per heavy atom. The van der Waals surface area contributed by atoms with E-state index >= 15 is 0 Å². The highest BCUT2D eigenvalue weighted by Gasteiger charge is 2.09. The lowest BCUT2D eigenvalue weighted by molar-refractivity contribution is -0.137. The van der Waals surface area contributed by atoms with Crippen molar-refractivity contribution in [1.29, 1.82) is 0 Å². The van der Waals surface area contributed by atoms with Crippen molar-refractivity contribution in [2.45, 2.75) is 51.5 Å². The number of unbranched alkanes of at least 4 members (excludes halogenated alkanes) is 1. The molecule has 0 saturated heterocycles. The summed E-state index contributed by atoms with van der Waals surface area (Å²) in [5.74, 6) is -0.699. The van der Waals surface area contributed by atoms with Crippen LogP contribution in [0.15, 0.2) is 18.2 Å². The number of aryl methyl sites for hydroxylation is 2. The van der Waals surface area contributed by atoms with E-state index in [2.05, 4.69) is 23.5 Å². The number of carboxylic acids is 1. The molecule has 1 aromatic rings. The second-order valence-corrected chi connectivity index (χ2v) is 5.34. The van der Waals surface area contributed by atoms with Gasteiger partial charge in [-0.15, -0.1) is 0 Å². The van der Waals surface area contributed by atoms with Gasteiger partial charge >= 0.3 is 5.97 Å². The molecular weight excluding hydrogens is 238 g/mol. The Bertz CT molecular complexity index is 429. The van der Waals surface area contributed by atoms with Gasteiger partial charge in [0.25, 0.3) is 0 Å². The first kappa shape index (κ1) is 14.1. The molecule has 0 spiro atoms. The summed E-state index contributed by atoms with van der Waals surface area (Å²) < 4.78 is 0. The molecule has 0 unspecified atom stereocenters. The highest BCUT2D eigenvalue weighted by Crippen LogP contribution is 2.22. The molecule has 3 nitrogen and oxygen atoms in total. The van der Waals surface area contributed by atoms with Crippen LogP contribution in [-0.4, -0.2) is 17.6 Å². The van der Waals surface area contributed by atoms with Crippen LogP contribution < -0.4 is 5.32 Å². The van der Waals surface area contributed by atoms with Gasteiger partial charge in [0.1, 0.15) is 0 Å². The Labute approximate surface area is 115 Å². The van der Waals surface area contributed by atoms with E-state index in [1.807, 2.05) is 0 Å². The smallest absolute Gasteiger partial charge is 0.303 e. The van der Waals surface area contributed by atoms with Crippen molar-refractivity contribution in [3.8, 4) is 0 Å². The predicted octanol–water partition coefficient (Wildman–Crippen LogP) is 2.91. The zero-order valence-corrected chi connectivity index (χ0v) is 11.5. The summed E-state index contributed by atoms with van der Waals surface area (Å²) in [5, 5.41) is 11.9. The Morgan fingerprint density at radius 2 is 1.95 bits per heavy atom. The lowest BCUT2D eigenvalue weighted by Crippen LogP contribution is -2.15. The number of rotatable bonds is 7. The summed E-state index contributed by atoms with van der Waals surface area (Å²) in [4.78, 5) is 10.4. The van der Waals surface area contributed by atoms with Gasteiger partial charge in [0, 0.05) is 13.0 Å². The largest absolute Gasteiger partial charge is 0.481 e. The number of nitrogens with one attached hydrogen (secondary N) is 1. The SMILES string of the molecule is O=C(O)CCCCNCc1ccc2c(c1)CCCC2. The Kier molecular flexibility index (Phi) is 5.40. The zero-order chi connectivity index (χ0) is 13.5. The molecule has 2 rings (SSSR count). The summed E-state index contributed by atoms with van der Waals surface area (Å²) in [6, 6.07) is 6.82. The second-order valence-electron chi connectivity index (χ2n) is 5.34. The molecule has 104 valence electrons. The molecule has 0 aliphatic heterocycles. The number of fused-ring (bicyclic) bond motifs is 1. The first-order valence-corrected chi connectivity index (χ1v) is 7.29. The van der Waals surface area contributed by atoms with Crippen LogP contribution in [0.3, 0.4) is 0 Å². The summed E-state index contributed by atoms with van der Waals surface area (Å²) >= 11 is 0. The van der Waals surface area contributed by atoms with Crippen LogP contribution in [-0.2, 0) is 24.2 Å². The highest BCUT2D eigenvalue weighted by atomic mass is 16.4. The molecular formula is C16H23NO2. The molecule has 0 amide bonds. The van der Waals surface area contributed by atoms with Gasteiger partial charge in [0.15, 0.2) is 0 Å². The van der Waals surface area contributed by atoms with Crippen LogP contribution in [0.4, 0.5) is 0 Å². The summed E-state index contributed by atoms with van der Waals surface area (Å²) in [7, 11) is 0. The molecule has 0 aromatic heterocycles. The first-order chi connectivity index (χ1) is 9.25. The molecule has 0 atom stereocenters. The average molecular weight is 261 g/mol. The van der Waals surface area contributed by atoms with Gasteiger partial charge in [0.2, 0.25) is 0 Å². The Balaban J connectivity index is 1.70. The molecule has 3 heteroatoms. The van der Waals surface area contributed by atoms with Gasteiger partial charge in [0.05, 0.1) is 0 Å². The number of benzene rings is 1. The van der Waals surface area contributed by atoms with Crippen LogP contribution in [0.1, 0.15) is 48.8 Å². The van der Waals surface area contributed by atoms with Crippen LogP contribution in [0, 0.1) is 0 Å². The molecule has 0 heterocycles. The zero-order valence-electron chi connectivity index (χ0n) is 11.5. The van der Waals surface area contributed by atoms with Crippen molar-refractivity contribution in [2.24, 2.45) is 0 Å². The van der Waals surface area contributed by atoms with Crippen molar-refractivity contribution in [3.05, 3.63) is 34.9 Å². The fourth-order valence-electron chi connectivity index (χ4n) is 2.66. The van der Waals surface area contributed by atoms with E-state index in [1.54, 1.807) is 0 Å². The maximum atomic E-state index is 10.4. The molecule has 0 radical (unpaired) electrons. The average Bonchev–Trinajstić information content (AvgIpc) is 2.42. The monoisotopic (exact) mass is 261 g/mol. The van der Waals surface area contributed by atoms with Crippen molar-refractivity contribution in [3.63, 3.8) is 0 Å². The number of aliphatic carboxylic acids is 1. The van der Waals surface area contributed by atoms with E-state index in [1.165, 1.54) is 42.4 Å². The fraction of sp³-hybridized carbons (Fsp3) is 0.562. The second kappa shape index (κ2) is 7.29. The Hall–Kier alpha value is -1.35. The maximum Gasteiger partial charge on any atom is 0.303 e. The summed E-state index contributed by atoms with van der Waals surface area (Å²) in [6.45, 7) is 1.78. The van der Waals surface area contributed by atoms with Gasteiger partial charge in [-0.25, -0.2) is 0 Å². The van der Waals surface area contributed by atoms with Gasteiger partial charge in [-0.3, -0.25) is 4.79 Å². The molecule has 1 aromatic carbocycles. The molecule has 19 heavy (non-hydrogen) atoms. The van der Waals surface area contributed by atoms with E-state index in [9.17, 15) is 4.79 Å². The number of carbonyl (C=O) groups is 1. The molecule has 1 aliphatic rings. The van der Waals surface area contributed by atoms with E-state index in [4.69, 9.17) is 5.11 Å². The predicted molar refractivity (Wildman–Crippen MR) is 76.3 cm³/mol. The minimum absolute atomic E-state index is 0.278. The quantitative estimate of drug-likeness (QED) is 0.742. The van der Waals surface area contributed by atoms with Crippen molar-refractivity contribution in [2.75, 3.05) is 6.54 Å². The third kappa shape index (κ3) is 4.67. The lowest BCUT2D eigenvalue weighted by Gasteiger charge is -2.16.